The van der Waals surface area contributed by atoms with Gasteiger partial charge in [0.2, 0.25) is 0 Å². The Labute approximate surface area is 131 Å². The Hall–Kier alpha value is -1.40. The summed E-state index contributed by atoms with van der Waals surface area (Å²) in [5.74, 6) is 0. The van der Waals surface area contributed by atoms with Crippen molar-refractivity contribution in [3.63, 3.8) is 0 Å². The molecule has 0 aliphatic rings. The molecular weight excluding hydrogens is 288 g/mol. The van der Waals surface area contributed by atoms with Crippen LogP contribution < -0.4 is 21.5 Å². The Morgan fingerprint density at radius 2 is 1.55 bits per heavy atom. The topological polar surface area (TPSA) is 48.1 Å². The van der Waals surface area contributed by atoms with Crippen molar-refractivity contribution in [2.75, 3.05) is 13.1 Å². The van der Waals surface area contributed by atoms with Crippen molar-refractivity contribution in [1.29, 1.82) is 0 Å². The Morgan fingerprint density at radius 3 is 2.15 bits per heavy atom. The summed E-state index contributed by atoms with van der Waals surface area (Å²) in [5.41, 5.74) is 7.00. The van der Waals surface area contributed by atoms with E-state index in [1.165, 1.54) is 5.56 Å². The molecule has 0 aliphatic carbocycles. The highest BCUT2D eigenvalue weighted by Gasteiger charge is 1.97. The van der Waals surface area contributed by atoms with Crippen molar-refractivity contribution >= 4 is 34.7 Å². The van der Waals surface area contributed by atoms with Crippen LogP contribution in [0.3, 0.4) is 0 Å². The third-order valence-corrected chi connectivity index (χ3v) is 3.14. The first-order valence-corrected chi connectivity index (χ1v) is 7.65. The van der Waals surface area contributed by atoms with Crippen LogP contribution in [0, 0.1) is 0 Å². The number of hydrogen-bond acceptors (Lipinski definition) is 2. The molecule has 0 amide bonds. The first-order chi connectivity index (χ1) is 9.72. The number of hydrogen-bond donors (Lipinski definition) is 4. The van der Waals surface area contributed by atoms with Crippen molar-refractivity contribution in [3.05, 3.63) is 35.9 Å². The molecule has 0 saturated carbocycles. The van der Waals surface area contributed by atoms with Crippen molar-refractivity contribution in [2.24, 2.45) is 0 Å². The molecule has 0 radical (unpaired) electrons. The second kappa shape index (κ2) is 10.4. The van der Waals surface area contributed by atoms with Gasteiger partial charge in [-0.15, -0.1) is 0 Å². The summed E-state index contributed by atoms with van der Waals surface area (Å²) in [6.45, 7) is 3.80. The van der Waals surface area contributed by atoms with Crippen LogP contribution in [0.5, 0.6) is 0 Å². The van der Waals surface area contributed by atoms with Crippen LogP contribution >= 0.6 is 24.4 Å². The number of rotatable bonds is 6. The number of unbranched alkanes of at least 4 members (excludes halogenated alkanes) is 1. The minimum Gasteiger partial charge on any atom is -0.361 e. The summed E-state index contributed by atoms with van der Waals surface area (Å²) in [4.78, 5) is 0. The molecule has 0 aliphatic heterocycles. The second-order valence-corrected chi connectivity index (χ2v) is 5.17. The molecule has 0 aromatic heterocycles. The van der Waals surface area contributed by atoms with Gasteiger partial charge in [0.05, 0.1) is 0 Å². The van der Waals surface area contributed by atoms with Gasteiger partial charge in [-0.1, -0.05) is 43.7 Å². The molecule has 20 heavy (non-hydrogen) atoms. The van der Waals surface area contributed by atoms with Crippen LogP contribution in [0.1, 0.15) is 25.3 Å². The molecule has 0 unspecified atom stereocenters. The van der Waals surface area contributed by atoms with E-state index in [2.05, 4.69) is 40.5 Å². The van der Waals surface area contributed by atoms with Gasteiger partial charge >= 0.3 is 0 Å². The van der Waals surface area contributed by atoms with Gasteiger partial charge in [-0.2, -0.15) is 0 Å². The lowest BCUT2D eigenvalue weighted by molar-refractivity contribution is 0.724. The second-order valence-electron chi connectivity index (χ2n) is 4.35. The summed E-state index contributed by atoms with van der Waals surface area (Å²) in [7, 11) is 0. The summed E-state index contributed by atoms with van der Waals surface area (Å²) >= 11 is 10.3. The van der Waals surface area contributed by atoms with Crippen molar-refractivity contribution in [2.45, 2.75) is 26.2 Å². The largest absolute Gasteiger partial charge is 0.361 e. The smallest absolute Gasteiger partial charge is 0.185 e. The predicted molar refractivity (Wildman–Crippen MR) is 92.5 cm³/mol. The van der Waals surface area contributed by atoms with E-state index in [1.54, 1.807) is 0 Å². The molecule has 0 heterocycles. The monoisotopic (exact) mass is 310 g/mol. The highest BCUT2D eigenvalue weighted by molar-refractivity contribution is 7.80. The van der Waals surface area contributed by atoms with Gasteiger partial charge in [-0.25, -0.2) is 0 Å². The zero-order valence-corrected chi connectivity index (χ0v) is 13.4. The maximum atomic E-state index is 5.15. The molecule has 0 atom stereocenters. The molecule has 110 valence electrons. The minimum atomic E-state index is 0.542. The van der Waals surface area contributed by atoms with Gasteiger partial charge in [0.15, 0.2) is 10.2 Å². The average molecular weight is 310 g/mol. The van der Waals surface area contributed by atoms with Gasteiger partial charge in [-0.05, 0) is 42.8 Å². The fourth-order valence-electron chi connectivity index (χ4n) is 1.55. The summed E-state index contributed by atoms with van der Waals surface area (Å²) in [6, 6.07) is 10.3. The van der Waals surface area contributed by atoms with E-state index in [0.29, 0.717) is 10.2 Å². The molecular formula is C14H22N4S2. The lowest BCUT2D eigenvalue weighted by Crippen LogP contribution is -2.50. The first-order valence-electron chi connectivity index (χ1n) is 6.84. The van der Waals surface area contributed by atoms with E-state index >= 15 is 0 Å². The van der Waals surface area contributed by atoms with E-state index < -0.39 is 0 Å². The number of benzene rings is 1. The van der Waals surface area contributed by atoms with Gasteiger partial charge in [-0.3, -0.25) is 10.9 Å². The maximum absolute atomic E-state index is 5.15. The Balaban J connectivity index is 2.07. The molecule has 0 spiro atoms. The average Bonchev–Trinajstić information content (AvgIpc) is 2.46. The molecule has 4 N–H and O–H groups in total. The van der Waals surface area contributed by atoms with E-state index in [1.807, 2.05) is 18.2 Å². The molecule has 6 heteroatoms. The highest BCUT2D eigenvalue weighted by Crippen LogP contribution is 1.97. The maximum Gasteiger partial charge on any atom is 0.185 e. The molecule has 4 nitrogen and oxygen atoms in total. The van der Waals surface area contributed by atoms with Crippen LogP contribution in [-0.2, 0) is 6.42 Å². The van der Waals surface area contributed by atoms with E-state index in [0.717, 1.165) is 32.4 Å². The van der Waals surface area contributed by atoms with Crippen LogP contribution in [0.2, 0.25) is 0 Å². The molecule has 0 bridgehead atoms. The van der Waals surface area contributed by atoms with Crippen LogP contribution in [-0.4, -0.2) is 23.3 Å². The zero-order valence-electron chi connectivity index (χ0n) is 11.7. The lowest BCUT2D eigenvalue weighted by atomic mass is 10.1. The lowest BCUT2D eigenvalue weighted by Gasteiger charge is -2.14. The Bertz CT molecular complexity index is 409. The van der Waals surface area contributed by atoms with Crippen molar-refractivity contribution in [1.82, 2.24) is 21.5 Å². The summed E-state index contributed by atoms with van der Waals surface area (Å²) < 4.78 is 0. The molecule has 1 aromatic carbocycles. The van der Waals surface area contributed by atoms with Gasteiger partial charge in [0, 0.05) is 13.1 Å². The van der Waals surface area contributed by atoms with Crippen LogP contribution in [0.15, 0.2) is 30.3 Å². The minimum absolute atomic E-state index is 0.542. The summed E-state index contributed by atoms with van der Waals surface area (Å²) in [6.07, 6.45) is 3.17. The molecule has 0 saturated heterocycles. The van der Waals surface area contributed by atoms with E-state index in [-0.39, 0.29) is 0 Å². The normalized spacial score (nSPS) is 9.65. The Kier molecular flexibility index (Phi) is 8.66. The number of hydrazine groups is 1. The Morgan fingerprint density at radius 1 is 0.950 bits per heavy atom. The van der Waals surface area contributed by atoms with E-state index in [4.69, 9.17) is 24.4 Å². The van der Waals surface area contributed by atoms with Crippen LogP contribution in [0.4, 0.5) is 0 Å². The molecule has 1 rings (SSSR count). The van der Waals surface area contributed by atoms with Gasteiger partial charge in [0.1, 0.15) is 0 Å². The number of thiocarbonyl (C=S) groups is 2. The molecule has 1 aromatic rings. The third-order valence-electron chi connectivity index (χ3n) is 2.65. The first kappa shape index (κ1) is 16.7. The quantitative estimate of drug-likeness (QED) is 0.366. The zero-order chi connectivity index (χ0) is 14.6. The molecule has 0 fully saturated rings. The predicted octanol–water partition coefficient (Wildman–Crippen LogP) is 1.87. The van der Waals surface area contributed by atoms with E-state index in [9.17, 15) is 0 Å². The fraction of sp³-hybridized carbons (Fsp3) is 0.429. The van der Waals surface area contributed by atoms with Crippen LogP contribution in [0.25, 0.3) is 0 Å². The van der Waals surface area contributed by atoms with Gasteiger partial charge in [0.25, 0.3) is 0 Å². The number of nitrogens with one attached hydrogen (secondary N) is 4. The third kappa shape index (κ3) is 7.91. The fourth-order valence-corrected chi connectivity index (χ4v) is 1.85. The van der Waals surface area contributed by atoms with Gasteiger partial charge < -0.3 is 10.6 Å². The SMILES string of the molecule is CCCCNC(=S)NNC(=S)NCCc1ccccc1. The standard InChI is InChI=1S/C14H22N4S2/c1-2-3-10-15-13(19)17-18-14(20)16-11-9-12-7-5-4-6-8-12/h4-8H,2-3,9-11H2,1H3,(H2,15,17,19)(H2,16,18,20). The van der Waals surface area contributed by atoms with Crippen molar-refractivity contribution in [3.8, 4) is 0 Å². The van der Waals surface area contributed by atoms with Crippen molar-refractivity contribution < 1.29 is 0 Å². The summed E-state index contributed by atoms with van der Waals surface area (Å²) in [5, 5.41) is 7.32. The highest BCUT2D eigenvalue weighted by atomic mass is 32.1.